The van der Waals surface area contributed by atoms with E-state index < -0.39 is 0 Å². The Morgan fingerprint density at radius 2 is 1.43 bits per heavy atom. The maximum Gasteiger partial charge on any atom is 0.128 e. The summed E-state index contributed by atoms with van der Waals surface area (Å²) in [5.74, 6) is 0.808. The Balaban J connectivity index is 1.84. The number of hydrogen-bond donors (Lipinski definition) is 0. The van der Waals surface area contributed by atoms with Crippen molar-refractivity contribution in [3.05, 3.63) is 82.6 Å². The van der Waals surface area contributed by atoms with Crippen LogP contribution >= 0.6 is 11.3 Å². The predicted molar refractivity (Wildman–Crippen MR) is 119 cm³/mol. The van der Waals surface area contributed by atoms with Gasteiger partial charge in [-0.05, 0) is 57.5 Å². The molecular formula is C23H22N4S. The normalized spacial score (nSPS) is 11.8. The summed E-state index contributed by atoms with van der Waals surface area (Å²) in [6.45, 7) is 8.18. The Labute approximate surface area is 169 Å². The second-order valence-electron chi connectivity index (χ2n) is 6.76. The zero-order valence-electron chi connectivity index (χ0n) is 16.5. The van der Waals surface area contributed by atoms with Gasteiger partial charge < -0.3 is 0 Å². The number of rotatable bonds is 4. The molecule has 0 aliphatic heterocycles. The first kappa shape index (κ1) is 18.3. The first-order valence-corrected chi connectivity index (χ1v) is 10.1. The molecule has 4 nitrogen and oxygen atoms in total. The molecule has 0 N–H and O–H groups in total. The molecule has 4 aromatic rings. The van der Waals surface area contributed by atoms with Crippen LogP contribution in [0.4, 0.5) is 11.4 Å². The molecule has 2 aromatic carbocycles. The standard InChI is InChI=1S/C23H22N4S/c1-15-21-16(2)24-18(4)25-23(21)28-22(15)17(3)26-27(19-11-7-5-8-12-19)20-13-9-6-10-14-20/h5-14H,1-4H3/b26-17+. The molecule has 0 aliphatic carbocycles. The fourth-order valence-corrected chi connectivity index (χ4v) is 4.63. The largest absolute Gasteiger partial charge is 0.238 e. The van der Waals surface area contributed by atoms with Gasteiger partial charge >= 0.3 is 0 Å². The van der Waals surface area contributed by atoms with E-state index in [4.69, 9.17) is 5.10 Å². The number of aromatic nitrogens is 2. The fraction of sp³-hybridized carbons (Fsp3) is 0.174. The summed E-state index contributed by atoms with van der Waals surface area (Å²) in [6.07, 6.45) is 0. The molecule has 0 saturated carbocycles. The van der Waals surface area contributed by atoms with Crippen molar-refractivity contribution < 1.29 is 0 Å². The molecule has 4 rings (SSSR count). The maximum absolute atomic E-state index is 5.01. The lowest BCUT2D eigenvalue weighted by atomic mass is 10.1. The van der Waals surface area contributed by atoms with E-state index in [0.717, 1.165) is 43.7 Å². The van der Waals surface area contributed by atoms with Gasteiger partial charge in [-0.1, -0.05) is 36.4 Å². The van der Waals surface area contributed by atoms with Crippen molar-refractivity contribution in [3.63, 3.8) is 0 Å². The Kier molecular flexibility index (Phi) is 4.92. The first-order chi connectivity index (χ1) is 13.5. The average Bonchev–Trinajstić information content (AvgIpc) is 3.04. The van der Waals surface area contributed by atoms with E-state index in [1.54, 1.807) is 11.3 Å². The number of hydrogen-bond acceptors (Lipinski definition) is 5. The lowest BCUT2D eigenvalue weighted by Crippen LogP contribution is -2.12. The minimum Gasteiger partial charge on any atom is -0.238 e. The molecule has 0 fully saturated rings. The fourth-order valence-electron chi connectivity index (χ4n) is 3.42. The quantitative estimate of drug-likeness (QED) is 0.311. The van der Waals surface area contributed by atoms with Crippen LogP contribution in [0.3, 0.4) is 0 Å². The molecule has 0 unspecified atom stereocenters. The van der Waals surface area contributed by atoms with Crippen molar-refractivity contribution >= 4 is 38.6 Å². The van der Waals surface area contributed by atoms with Crippen molar-refractivity contribution in [2.45, 2.75) is 27.7 Å². The van der Waals surface area contributed by atoms with Gasteiger partial charge in [0.15, 0.2) is 0 Å². The van der Waals surface area contributed by atoms with Crippen molar-refractivity contribution in [1.82, 2.24) is 9.97 Å². The van der Waals surface area contributed by atoms with E-state index in [-0.39, 0.29) is 0 Å². The van der Waals surface area contributed by atoms with Gasteiger partial charge in [0.25, 0.3) is 0 Å². The van der Waals surface area contributed by atoms with Crippen molar-refractivity contribution in [2.75, 3.05) is 5.01 Å². The zero-order valence-corrected chi connectivity index (χ0v) is 17.3. The highest BCUT2D eigenvalue weighted by Gasteiger charge is 2.17. The summed E-state index contributed by atoms with van der Waals surface area (Å²) in [4.78, 5) is 11.3. The van der Waals surface area contributed by atoms with E-state index in [0.29, 0.717) is 0 Å². The van der Waals surface area contributed by atoms with Crippen LogP contribution in [0.15, 0.2) is 65.8 Å². The van der Waals surface area contributed by atoms with Gasteiger partial charge in [0.05, 0.1) is 22.0 Å². The molecule has 2 aromatic heterocycles. The predicted octanol–water partition coefficient (Wildman–Crippen LogP) is 6.18. The number of benzene rings is 2. The van der Waals surface area contributed by atoms with Gasteiger partial charge in [0, 0.05) is 11.1 Å². The first-order valence-electron chi connectivity index (χ1n) is 9.24. The van der Waals surface area contributed by atoms with E-state index >= 15 is 0 Å². The average molecular weight is 387 g/mol. The number of hydrazone groups is 1. The lowest BCUT2D eigenvalue weighted by Gasteiger charge is -2.20. The number of para-hydroxylation sites is 2. The highest BCUT2D eigenvalue weighted by molar-refractivity contribution is 7.20. The second kappa shape index (κ2) is 7.52. The Bertz CT molecular complexity index is 1110. The Morgan fingerprint density at radius 3 is 2.00 bits per heavy atom. The van der Waals surface area contributed by atoms with Crippen molar-refractivity contribution in [1.29, 1.82) is 0 Å². The lowest BCUT2D eigenvalue weighted by molar-refractivity contribution is 1.05. The van der Waals surface area contributed by atoms with Crippen LogP contribution in [0.1, 0.15) is 28.9 Å². The van der Waals surface area contributed by atoms with Crippen LogP contribution in [0.25, 0.3) is 10.2 Å². The summed E-state index contributed by atoms with van der Waals surface area (Å²) >= 11 is 1.68. The van der Waals surface area contributed by atoms with Crippen LogP contribution in [-0.4, -0.2) is 15.7 Å². The summed E-state index contributed by atoms with van der Waals surface area (Å²) in [7, 11) is 0. The van der Waals surface area contributed by atoms with Crippen molar-refractivity contribution in [2.24, 2.45) is 5.10 Å². The van der Waals surface area contributed by atoms with Gasteiger partial charge in [-0.15, -0.1) is 11.3 Å². The third-order valence-electron chi connectivity index (χ3n) is 4.66. The van der Waals surface area contributed by atoms with Gasteiger partial charge in [0.2, 0.25) is 0 Å². The summed E-state index contributed by atoms with van der Waals surface area (Å²) in [5.41, 5.74) is 5.24. The molecule has 0 radical (unpaired) electrons. The maximum atomic E-state index is 5.01. The Morgan fingerprint density at radius 1 is 0.857 bits per heavy atom. The smallest absolute Gasteiger partial charge is 0.128 e. The number of aryl methyl sites for hydroxylation is 3. The van der Waals surface area contributed by atoms with Gasteiger partial charge in [-0.25, -0.2) is 15.0 Å². The highest BCUT2D eigenvalue weighted by atomic mass is 32.1. The van der Waals surface area contributed by atoms with Gasteiger partial charge in [0.1, 0.15) is 10.7 Å². The van der Waals surface area contributed by atoms with Crippen LogP contribution in [0.2, 0.25) is 0 Å². The number of anilines is 2. The molecule has 0 spiro atoms. The topological polar surface area (TPSA) is 41.4 Å². The zero-order chi connectivity index (χ0) is 19.7. The SMILES string of the molecule is C/C(=N\N(c1ccccc1)c1ccccc1)c1sc2nc(C)nc(C)c2c1C. The van der Waals surface area contributed by atoms with Crippen LogP contribution in [0.5, 0.6) is 0 Å². The summed E-state index contributed by atoms with van der Waals surface area (Å²) in [6, 6.07) is 20.4. The molecular weight excluding hydrogens is 364 g/mol. The number of thiophene rings is 1. The molecule has 2 heterocycles. The molecule has 0 amide bonds. The number of nitrogens with zero attached hydrogens (tertiary/aromatic N) is 4. The van der Waals surface area contributed by atoms with E-state index in [1.165, 1.54) is 5.56 Å². The molecule has 0 aliphatic rings. The molecule has 28 heavy (non-hydrogen) atoms. The van der Waals surface area contributed by atoms with E-state index in [2.05, 4.69) is 48.1 Å². The molecule has 5 heteroatoms. The third-order valence-corrected chi connectivity index (χ3v) is 5.96. The summed E-state index contributed by atoms with van der Waals surface area (Å²) in [5, 5.41) is 8.14. The molecule has 0 bridgehead atoms. The minimum absolute atomic E-state index is 0.808. The second-order valence-corrected chi connectivity index (χ2v) is 7.76. The monoisotopic (exact) mass is 386 g/mol. The Hall–Kier alpha value is -3.05. The molecule has 0 atom stereocenters. The number of fused-ring (bicyclic) bond motifs is 1. The van der Waals surface area contributed by atoms with Crippen LogP contribution in [0, 0.1) is 20.8 Å². The van der Waals surface area contributed by atoms with Crippen molar-refractivity contribution in [3.8, 4) is 0 Å². The summed E-state index contributed by atoms with van der Waals surface area (Å²) < 4.78 is 0. The van der Waals surface area contributed by atoms with Crippen LogP contribution < -0.4 is 5.01 Å². The third kappa shape index (κ3) is 3.41. The minimum atomic E-state index is 0.808. The highest BCUT2D eigenvalue weighted by Crippen LogP contribution is 2.33. The van der Waals surface area contributed by atoms with Gasteiger partial charge in [-0.3, -0.25) is 0 Å². The van der Waals surface area contributed by atoms with E-state index in [1.807, 2.05) is 55.3 Å². The van der Waals surface area contributed by atoms with Gasteiger partial charge in [-0.2, -0.15) is 5.10 Å². The van der Waals surface area contributed by atoms with Crippen LogP contribution in [-0.2, 0) is 0 Å². The van der Waals surface area contributed by atoms with E-state index in [9.17, 15) is 0 Å². The molecule has 140 valence electrons. The molecule has 0 saturated heterocycles.